The summed E-state index contributed by atoms with van der Waals surface area (Å²) < 4.78 is 2.16. The van der Waals surface area contributed by atoms with Crippen LogP contribution in [0.2, 0.25) is 0 Å². The molecule has 0 radical (unpaired) electrons. The van der Waals surface area contributed by atoms with Crippen molar-refractivity contribution in [1.29, 1.82) is 0 Å². The van der Waals surface area contributed by atoms with Crippen LogP contribution in [0.3, 0.4) is 0 Å². The summed E-state index contributed by atoms with van der Waals surface area (Å²) in [5, 5.41) is 0. The largest absolute Gasteiger partial charge is 0.312 e. The molecule has 0 bridgehead atoms. The first-order valence-corrected chi connectivity index (χ1v) is 9.51. The quantitative estimate of drug-likeness (QED) is 0.816. The summed E-state index contributed by atoms with van der Waals surface area (Å²) in [5.74, 6) is 0.724. The van der Waals surface area contributed by atoms with Gasteiger partial charge in [-0.15, -0.1) is 0 Å². The molecule has 4 rings (SSSR count). The fourth-order valence-electron chi connectivity index (χ4n) is 4.21. The summed E-state index contributed by atoms with van der Waals surface area (Å²) in [4.78, 5) is 13.2. The molecule has 2 aliphatic rings. The molecule has 1 fully saturated rings. The average molecular weight is 321 g/mol. The van der Waals surface area contributed by atoms with Crippen LogP contribution < -0.4 is 5.56 Å². The minimum atomic E-state index is 0.269. The highest BCUT2D eigenvalue weighted by molar-refractivity contribution is 5.35. The second kappa shape index (κ2) is 6.58. The maximum absolute atomic E-state index is 13.2. The molecule has 2 aliphatic carbocycles. The molecule has 1 saturated carbocycles. The zero-order valence-corrected chi connectivity index (χ0v) is 14.7. The SMILES string of the molecule is Cc1ccccc1Cc1cc2c(n(CC3CCC3)c1=O)CCCC2. The van der Waals surface area contributed by atoms with Crippen LogP contribution in [0, 0.1) is 12.8 Å². The average Bonchev–Trinajstić information content (AvgIpc) is 2.55. The molecule has 0 unspecified atom stereocenters. The number of benzene rings is 1. The number of aryl methyl sites for hydroxylation is 2. The van der Waals surface area contributed by atoms with E-state index < -0.39 is 0 Å². The molecule has 0 amide bonds. The molecule has 0 N–H and O–H groups in total. The number of hydrogen-bond donors (Lipinski definition) is 0. The van der Waals surface area contributed by atoms with Crippen LogP contribution in [-0.2, 0) is 25.8 Å². The maximum Gasteiger partial charge on any atom is 0.254 e. The molecule has 1 aromatic heterocycles. The van der Waals surface area contributed by atoms with Gasteiger partial charge in [-0.2, -0.15) is 0 Å². The molecule has 1 heterocycles. The van der Waals surface area contributed by atoms with Crippen molar-refractivity contribution in [3.05, 3.63) is 68.6 Å². The third kappa shape index (κ3) is 2.94. The highest BCUT2D eigenvalue weighted by Crippen LogP contribution is 2.29. The Hall–Kier alpha value is -1.83. The van der Waals surface area contributed by atoms with Crippen LogP contribution in [0.15, 0.2) is 35.1 Å². The van der Waals surface area contributed by atoms with Crippen LogP contribution in [0.25, 0.3) is 0 Å². The lowest BCUT2D eigenvalue weighted by atomic mass is 9.84. The lowest BCUT2D eigenvalue weighted by Gasteiger charge is -2.30. The van der Waals surface area contributed by atoms with Gasteiger partial charge in [-0.1, -0.05) is 30.7 Å². The number of aromatic nitrogens is 1. The van der Waals surface area contributed by atoms with Gasteiger partial charge in [0.15, 0.2) is 0 Å². The summed E-state index contributed by atoms with van der Waals surface area (Å²) in [6.45, 7) is 3.09. The maximum atomic E-state index is 13.2. The summed E-state index contributed by atoms with van der Waals surface area (Å²) in [6, 6.07) is 10.7. The van der Waals surface area contributed by atoms with E-state index >= 15 is 0 Å². The van der Waals surface area contributed by atoms with Crippen LogP contribution in [-0.4, -0.2) is 4.57 Å². The van der Waals surface area contributed by atoms with E-state index in [0.29, 0.717) is 0 Å². The Labute approximate surface area is 144 Å². The fraction of sp³-hybridized carbons (Fsp3) is 0.500. The lowest BCUT2D eigenvalue weighted by molar-refractivity contribution is 0.269. The van der Waals surface area contributed by atoms with E-state index in [2.05, 4.69) is 41.8 Å². The van der Waals surface area contributed by atoms with Crippen LogP contribution in [0.1, 0.15) is 60.1 Å². The second-order valence-corrected chi connectivity index (χ2v) is 7.66. The van der Waals surface area contributed by atoms with E-state index in [4.69, 9.17) is 0 Å². The highest BCUT2D eigenvalue weighted by Gasteiger charge is 2.23. The zero-order chi connectivity index (χ0) is 16.5. The first-order valence-electron chi connectivity index (χ1n) is 9.51. The topological polar surface area (TPSA) is 22.0 Å². The van der Waals surface area contributed by atoms with Crippen molar-refractivity contribution in [2.24, 2.45) is 5.92 Å². The van der Waals surface area contributed by atoms with Gasteiger partial charge in [0, 0.05) is 24.2 Å². The first kappa shape index (κ1) is 15.7. The fourth-order valence-corrected chi connectivity index (χ4v) is 4.21. The van der Waals surface area contributed by atoms with Crippen molar-refractivity contribution < 1.29 is 0 Å². The van der Waals surface area contributed by atoms with E-state index in [1.54, 1.807) is 0 Å². The highest BCUT2D eigenvalue weighted by atomic mass is 16.1. The van der Waals surface area contributed by atoms with Crippen molar-refractivity contribution in [3.8, 4) is 0 Å². The Morgan fingerprint density at radius 2 is 1.83 bits per heavy atom. The van der Waals surface area contributed by atoms with Gasteiger partial charge < -0.3 is 4.57 Å². The number of pyridine rings is 1. The number of hydrogen-bond acceptors (Lipinski definition) is 1. The summed E-state index contributed by atoms with van der Waals surface area (Å²) in [5.41, 5.74) is 6.59. The monoisotopic (exact) mass is 321 g/mol. The molecular formula is C22H27NO. The molecular weight excluding hydrogens is 294 g/mol. The van der Waals surface area contributed by atoms with Gasteiger partial charge in [-0.3, -0.25) is 4.79 Å². The van der Waals surface area contributed by atoms with E-state index in [0.717, 1.165) is 37.3 Å². The number of nitrogens with zero attached hydrogens (tertiary/aromatic N) is 1. The second-order valence-electron chi connectivity index (χ2n) is 7.66. The Morgan fingerprint density at radius 3 is 2.58 bits per heavy atom. The number of rotatable bonds is 4. The van der Waals surface area contributed by atoms with E-state index in [-0.39, 0.29) is 5.56 Å². The third-order valence-corrected chi connectivity index (χ3v) is 5.98. The lowest BCUT2D eigenvalue weighted by Crippen LogP contribution is -2.33. The summed E-state index contributed by atoms with van der Waals surface area (Å²) >= 11 is 0. The molecule has 2 aromatic rings. The van der Waals surface area contributed by atoms with Crippen molar-refractivity contribution >= 4 is 0 Å². The first-order chi connectivity index (χ1) is 11.7. The van der Waals surface area contributed by atoms with Crippen LogP contribution in [0.5, 0.6) is 0 Å². The standard InChI is InChI=1S/C22H27NO/c1-16-7-2-3-10-18(16)13-20-14-19-11-4-5-12-21(19)23(22(20)24)15-17-8-6-9-17/h2-3,7,10,14,17H,4-6,8-9,11-13,15H2,1H3. The molecule has 0 aliphatic heterocycles. The smallest absolute Gasteiger partial charge is 0.254 e. The molecule has 2 nitrogen and oxygen atoms in total. The molecule has 1 aromatic carbocycles. The summed E-state index contributed by atoms with van der Waals surface area (Å²) in [6.07, 6.45) is 9.41. The van der Waals surface area contributed by atoms with E-state index in [9.17, 15) is 4.79 Å². The minimum absolute atomic E-state index is 0.269. The van der Waals surface area contributed by atoms with Gasteiger partial charge in [-0.05, 0) is 74.1 Å². The van der Waals surface area contributed by atoms with E-state index in [1.807, 2.05) is 0 Å². The van der Waals surface area contributed by atoms with Crippen molar-refractivity contribution in [2.45, 2.75) is 64.8 Å². The Balaban J connectivity index is 1.75. The van der Waals surface area contributed by atoms with Crippen LogP contribution in [0.4, 0.5) is 0 Å². The van der Waals surface area contributed by atoms with Crippen molar-refractivity contribution in [3.63, 3.8) is 0 Å². The van der Waals surface area contributed by atoms with Gasteiger partial charge in [-0.25, -0.2) is 0 Å². The normalized spacial score (nSPS) is 17.4. The van der Waals surface area contributed by atoms with Gasteiger partial charge in [0.1, 0.15) is 0 Å². The molecule has 24 heavy (non-hydrogen) atoms. The molecule has 0 atom stereocenters. The minimum Gasteiger partial charge on any atom is -0.312 e. The van der Waals surface area contributed by atoms with Crippen LogP contribution >= 0.6 is 0 Å². The predicted octanol–water partition coefficient (Wildman–Crippen LogP) is 4.43. The Morgan fingerprint density at radius 1 is 1.04 bits per heavy atom. The Bertz CT molecular complexity index is 798. The van der Waals surface area contributed by atoms with Gasteiger partial charge in [0.05, 0.1) is 0 Å². The van der Waals surface area contributed by atoms with Crippen molar-refractivity contribution in [1.82, 2.24) is 4.57 Å². The molecule has 2 heteroatoms. The van der Waals surface area contributed by atoms with Gasteiger partial charge in [0.25, 0.3) is 5.56 Å². The van der Waals surface area contributed by atoms with Gasteiger partial charge in [0.2, 0.25) is 0 Å². The number of fused-ring (bicyclic) bond motifs is 1. The zero-order valence-electron chi connectivity index (χ0n) is 14.7. The Kier molecular flexibility index (Phi) is 4.30. The predicted molar refractivity (Wildman–Crippen MR) is 98.7 cm³/mol. The van der Waals surface area contributed by atoms with Gasteiger partial charge >= 0.3 is 0 Å². The molecule has 0 spiro atoms. The van der Waals surface area contributed by atoms with Crippen molar-refractivity contribution in [2.75, 3.05) is 0 Å². The summed E-state index contributed by atoms with van der Waals surface area (Å²) in [7, 11) is 0. The molecule has 126 valence electrons. The van der Waals surface area contributed by atoms with E-state index in [1.165, 1.54) is 54.5 Å². The molecule has 0 saturated heterocycles. The third-order valence-electron chi connectivity index (χ3n) is 5.98.